The van der Waals surface area contributed by atoms with E-state index in [1.165, 1.54) is 15.7 Å². The number of aromatic nitrogens is 3. The fraction of sp³-hybridized carbons (Fsp3) is 0.0400. The number of benzene rings is 3. The first-order chi connectivity index (χ1) is 14.3. The molecular formula is C25H19N3S. The predicted molar refractivity (Wildman–Crippen MR) is 122 cm³/mol. The summed E-state index contributed by atoms with van der Waals surface area (Å²) in [6.07, 6.45) is 5.71. The Morgan fingerprint density at radius 2 is 1.45 bits per heavy atom. The van der Waals surface area contributed by atoms with Crippen molar-refractivity contribution >= 4 is 22.5 Å². The van der Waals surface area contributed by atoms with Gasteiger partial charge in [0.15, 0.2) is 0 Å². The quantitative estimate of drug-likeness (QED) is 0.346. The molecule has 0 aliphatic carbocycles. The van der Waals surface area contributed by atoms with E-state index in [0.29, 0.717) is 0 Å². The highest BCUT2D eigenvalue weighted by Gasteiger charge is 2.15. The molecule has 0 aliphatic heterocycles. The summed E-state index contributed by atoms with van der Waals surface area (Å²) in [6, 6.07) is 27.4. The summed E-state index contributed by atoms with van der Waals surface area (Å²) in [7, 11) is 0. The maximum atomic E-state index is 5.01. The van der Waals surface area contributed by atoms with Gasteiger partial charge in [-0.15, -0.1) is 11.8 Å². The van der Waals surface area contributed by atoms with Crippen LogP contribution in [0.3, 0.4) is 0 Å². The van der Waals surface area contributed by atoms with E-state index in [4.69, 9.17) is 4.98 Å². The number of H-pyrrole nitrogens is 1. The monoisotopic (exact) mass is 393 g/mol. The first-order valence-electron chi connectivity index (χ1n) is 9.46. The van der Waals surface area contributed by atoms with E-state index in [1.54, 1.807) is 11.8 Å². The molecule has 0 saturated heterocycles. The number of imidazole rings is 1. The van der Waals surface area contributed by atoms with E-state index in [-0.39, 0.29) is 0 Å². The molecule has 3 nitrogen and oxygen atoms in total. The molecule has 0 aliphatic rings. The first-order valence-corrected chi connectivity index (χ1v) is 10.7. The van der Waals surface area contributed by atoms with E-state index in [1.807, 2.05) is 24.5 Å². The van der Waals surface area contributed by atoms with Gasteiger partial charge in [0.1, 0.15) is 5.82 Å². The number of pyridine rings is 1. The number of hydrogen-bond acceptors (Lipinski definition) is 3. The molecule has 0 radical (unpaired) electrons. The minimum atomic E-state index is 0.868. The number of rotatable bonds is 4. The number of aromatic amines is 1. The van der Waals surface area contributed by atoms with Crippen LogP contribution in [0.5, 0.6) is 0 Å². The summed E-state index contributed by atoms with van der Waals surface area (Å²) in [4.78, 5) is 14.0. The van der Waals surface area contributed by atoms with Crippen LogP contribution in [0.15, 0.2) is 96.2 Å². The van der Waals surface area contributed by atoms with E-state index >= 15 is 0 Å². The molecule has 2 aromatic heterocycles. The summed E-state index contributed by atoms with van der Waals surface area (Å²) < 4.78 is 0. The Balaban J connectivity index is 1.68. The van der Waals surface area contributed by atoms with Crippen molar-refractivity contribution in [2.75, 3.05) is 6.26 Å². The summed E-state index contributed by atoms with van der Waals surface area (Å²) in [5.41, 5.74) is 5.20. The van der Waals surface area contributed by atoms with Gasteiger partial charge in [0, 0.05) is 34.0 Å². The van der Waals surface area contributed by atoms with Crippen LogP contribution < -0.4 is 0 Å². The van der Waals surface area contributed by atoms with Crippen molar-refractivity contribution < 1.29 is 0 Å². The lowest BCUT2D eigenvalue weighted by atomic mass is 10.0. The predicted octanol–water partition coefficient (Wildman–Crippen LogP) is 6.68. The molecule has 140 valence electrons. The average Bonchev–Trinajstić information content (AvgIpc) is 3.25. The van der Waals surface area contributed by atoms with Crippen molar-refractivity contribution in [2.24, 2.45) is 0 Å². The van der Waals surface area contributed by atoms with Crippen LogP contribution >= 0.6 is 11.8 Å². The fourth-order valence-electron chi connectivity index (χ4n) is 3.53. The molecule has 0 bridgehead atoms. The molecule has 2 heterocycles. The Labute approximate surface area is 173 Å². The van der Waals surface area contributed by atoms with Crippen molar-refractivity contribution in [3.8, 4) is 33.9 Å². The molecule has 0 spiro atoms. The molecule has 5 rings (SSSR count). The van der Waals surface area contributed by atoms with Gasteiger partial charge in [0.25, 0.3) is 0 Å². The van der Waals surface area contributed by atoms with Crippen LogP contribution in [0, 0.1) is 0 Å². The van der Waals surface area contributed by atoms with Crippen LogP contribution in [0.1, 0.15) is 0 Å². The van der Waals surface area contributed by atoms with Gasteiger partial charge in [-0.2, -0.15) is 0 Å². The molecule has 1 N–H and O–H groups in total. The molecule has 3 aromatic carbocycles. The second-order valence-electron chi connectivity index (χ2n) is 6.84. The number of nitrogens with one attached hydrogen (secondary N) is 1. The molecule has 29 heavy (non-hydrogen) atoms. The number of nitrogens with zero attached hydrogens (tertiary/aromatic N) is 2. The smallest absolute Gasteiger partial charge is 0.138 e. The lowest BCUT2D eigenvalue weighted by Crippen LogP contribution is -1.85. The summed E-state index contributed by atoms with van der Waals surface area (Å²) in [6.45, 7) is 0. The van der Waals surface area contributed by atoms with Crippen LogP contribution in [0.4, 0.5) is 0 Å². The minimum Gasteiger partial charge on any atom is -0.337 e. The summed E-state index contributed by atoms with van der Waals surface area (Å²) in [5, 5.41) is 2.43. The SMILES string of the molecule is CSc1ccc(-c2nc(-c3ccc4ccccc4c3)c(-c3ccncc3)[nH]2)cc1. The van der Waals surface area contributed by atoms with Crippen molar-refractivity contribution in [1.82, 2.24) is 15.0 Å². The molecule has 0 unspecified atom stereocenters. The van der Waals surface area contributed by atoms with Crippen molar-refractivity contribution in [2.45, 2.75) is 4.90 Å². The largest absolute Gasteiger partial charge is 0.337 e. The number of fused-ring (bicyclic) bond motifs is 1. The van der Waals surface area contributed by atoms with Crippen molar-refractivity contribution in [3.63, 3.8) is 0 Å². The Bertz CT molecular complexity index is 1270. The van der Waals surface area contributed by atoms with Crippen LogP contribution in [-0.4, -0.2) is 21.2 Å². The van der Waals surface area contributed by atoms with Gasteiger partial charge in [0.05, 0.1) is 11.4 Å². The van der Waals surface area contributed by atoms with Gasteiger partial charge in [-0.1, -0.05) is 48.5 Å². The zero-order chi connectivity index (χ0) is 19.6. The second kappa shape index (κ2) is 7.57. The zero-order valence-corrected chi connectivity index (χ0v) is 16.8. The standard InChI is InChI=1S/C25H19N3S/c1-29-22-10-8-19(9-11-22)25-27-23(18-12-14-26-15-13-18)24(28-25)21-7-6-17-4-2-3-5-20(17)16-21/h2-16H,1H3,(H,27,28). The van der Waals surface area contributed by atoms with E-state index in [9.17, 15) is 0 Å². The third-order valence-electron chi connectivity index (χ3n) is 5.06. The van der Waals surface area contributed by atoms with E-state index in [0.717, 1.165) is 33.9 Å². The summed E-state index contributed by atoms with van der Waals surface area (Å²) in [5.74, 6) is 0.868. The topological polar surface area (TPSA) is 41.6 Å². The Morgan fingerprint density at radius 3 is 2.21 bits per heavy atom. The highest BCUT2D eigenvalue weighted by Crippen LogP contribution is 2.34. The molecule has 0 fully saturated rings. The van der Waals surface area contributed by atoms with Crippen LogP contribution in [0.25, 0.3) is 44.7 Å². The molecule has 0 atom stereocenters. The first kappa shape index (κ1) is 17.7. The third kappa shape index (κ3) is 3.43. The fourth-order valence-corrected chi connectivity index (χ4v) is 3.94. The van der Waals surface area contributed by atoms with Gasteiger partial charge >= 0.3 is 0 Å². The molecule has 4 heteroatoms. The van der Waals surface area contributed by atoms with Crippen molar-refractivity contribution in [3.05, 3.63) is 91.3 Å². The normalized spacial score (nSPS) is 11.1. The molecular weight excluding hydrogens is 374 g/mol. The van der Waals surface area contributed by atoms with Crippen LogP contribution in [-0.2, 0) is 0 Å². The van der Waals surface area contributed by atoms with E-state index in [2.05, 4.69) is 83.0 Å². The van der Waals surface area contributed by atoms with Gasteiger partial charge in [-0.3, -0.25) is 4.98 Å². The summed E-state index contributed by atoms with van der Waals surface area (Å²) >= 11 is 1.74. The molecule has 0 saturated carbocycles. The maximum absolute atomic E-state index is 5.01. The maximum Gasteiger partial charge on any atom is 0.138 e. The van der Waals surface area contributed by atoms with Crippen LogP contribution in [0.2, 0.25) is 0 Å². The van der Waals surface area contributed by atoms with Gasteiger partial charge in [0.2, 0.25) is 0 Å². The Hall–Kier alpha value is -3.37. The highest BCUT2D eigenvalue weighted by molar-refractivity contribution is 7.98. The minimum absolute atomic E-state index is 0.868. The third-order valence-corrected chi connectivity index (χ3v) is 5.80. The van der Waals surface area contributed by atoms with Crippen molar-refractivity contribution in [1.29, 1.82) is 0 Å². The number of thioether (sulfide) groups is 1. The molecule has 0 amide bonds. The second-order valence-corrected chi connectivity index (χ2v) is 7.71. The van der Waals surface area contributed by atoms with Gasteiger partial charge < -0.3 is 4.98 Å². The zero-order valence-electron chi connectivity index (χ0n) is 16.0. The Morgan fingerprint density at radius 1 is 0.724 bits per heavy atom. The number of hydrogen-bond donors (Lipinski definition) is 1. The Kier molecular flexibility index (Phi) is 4.62. The highest BCUT2D eigenvalue weighted by atomic mass is 32.2. The lowest BCUT2D eigenvalue weighted by molar-refractivity contribution is 1.29. The lowest BCUT2D eigenvalue weighted by Gasteiger charge is -2.05. The van der Waals surface area contributed by atoms with E-state index < -0.39 is 0 Å². The van der Waals surface area contributed by atoms with Gasteiger partial charge in [-0.05, 0) is 47.4 Å². The van der Waals surface area contributed by atoms with Gasteiger partial charge in [-0.25, -0.2) is 4.98 Å². The average molecular weight is 394 g/mol. The molecule has 5 aromatic rings.